The highest BCUT2D eigenvalue weighted by molar-refractivity contribution is 5.28. The molecule has 2 saturated heterocycles. The van der Waals surface area contributed by atoms with Gasteiger partial charge in [0, 0.05) is 13.1 Å². The number of rotatable bonds is 3. The van der Waals surface area contributed by atoms with Crippen LogP contribution in [0.2, 0.25) is 0 Å². The highest BCUT2D eigenvalue weighted by Crippen LogP contribution is 2.44. The van der Waals surface area contributed by atoms with Crippen molar-refractivity contribution in [3.63, 3.8) is 0 Å². The van der Waals surface area contributed by atoms with E-state index in [0.717, 1.165) is 31.5 Å². The standard InChI is InChI=1S/C14H22FNO/c1-10(2)17-9-14-5-11(3)7-16(14)8-13(6-14)12(4)15/h10H,3,5-9H2,1-2,4H3/b13-12+/t14-/m1/s1. The molecule has 2 aliphatic rings. The van der Waals surface area contributed by atoms with Crippen LogP contribution in [0.5, 0.6) is 0 Å². The number of nitrogens with zero attached hydrogens (tertiary/aromatic N) is 1. The van der Waals surface area contributed by atoms with Crippen molar-refractivity contribution >= 4 is 0 Å². The van der Waals surface area contributed by atoms with E-state index in [-0.39, 0.29) is 17.5 Å². The van der Waals surface area contributed by atoms with Crippen LogP contribution in [0, 0.1) is 0 Å². The zero-order chi connectivity index (χ0) is 12.6. The Morgan fingerprint density at radius 3 is 2.76 bits per heavy atom. The van der Waals surface area contributed by atoms with Crippen molar-refractivity contribution in [2.45, 2.75) is 45.3 Å². The van der Waals surface area contributed by atoms with Crippen LogP contribution in [0.3, 0.4) is 0 Å². The highest BCUT2D eigenvalue weighted by atomic mass is 19.1. The van der Waals surface area contributed by atoms with Crippen molar-refractivity contribution in [2.75, 3.05) is 19.7 Å². The van der Waals surface area contributed by atoms with Crippen LogP contribution in [0.15, 0.2) is 23.6 Å². The minimum Gasteiger partial charge on any atom is -0.377 e. The maximum absolute atomic E-state index is 13.4. The Bertz CT molecular complexity index is 357. The molecular formula is C14H22FNO. The molecule has 0 radical (unpaired) electrons. The summed E-state index contributed by atoms with van der Waals surface area (Å²) in [6, 6.07) is 0. The highest BCUT2D eigenvalue weighted by Gasteiger charge is 2.48. The van der Waals surface area contributed by atoms with E-state index >= 15 is 0 Å². The number of allylic oxidation sites excluding steroid dienone is 1. The Hall–Kier alpha value is -0.670. The summed E-state index contributed by atoms with van der Waals surface area (Å²) in [5, 5.41) is 0. The molecule has 0 bridgehead atoms. The predicted octanol–water partition coefficient (Wildman–Crippen LogP) is 3.06. The first kappa shape index (κ1) is 12.8. The van der Waals surface area contributed by atoms with Crippen molar-refractivity contribution < 1.29 is 9.13 Å². The van der Waals surface area contributed by atoms with E-state index in [0.29, 0.717) is 6.61 Å². The van der Waals surface area contributed by atoms with Gasteiger partial charge in [-0.2, -0.15) is 0 Å². The Kier molecular flexibility index (Phi) is 3.41. The average Bonchev–Trinajstić information content (AvgIpc) is 2.67. The van der Waals surface area contributed by atoms with E-state index in [9.17, 15) is 4.39 Å². The molecule has 2 aliphatic heterocycles. The number of halogens is 1. The van der Waals surface area contributed by atoms with Gasteiger partial charge >= 0.3 is 0 Å². The third-order valence-corrected chi connectivity index (χ3v) is 3.76. The number of fused-ring (bicyclic) bond motifs is 1. The van der Waals surface area contributed by atoms with E-state index in [4.69, 9.17) is 4.74 Å². The summed E-state index contributed by atoms with van der Waals surface area (Å²) < 4.78 is 19.1. The van der Waals surface area contributed by atoms with Crippen molar-refractivity contribution in [1.29, 1.82) is 0 Å². The fourth-order valence-corrected chi connectivity index (χ4v) is 2.90. The lowest BCUT2D eigenvalue weighted by Gasteiger charge is -2.31. The minimum atomic E-state index is -0.0238. The summed E-state index contributed by atoms with van der Waals surface area (Å²) in [6.45, 7) is 12.0. The van der Waals surface area contributed by atoms with Gasteiger partial charge in [0.2, 0.25) is 0 Å². The maximum atomic E-state index is 13.4. The first-order chi connectivity index (χ1) is 7.93. The Labute approximate surface area is 103 Å². The summed E-state index contributed by atoms with van der Waals surface area (Å²) in [5.74, 6) is -0.0195. The lowest BCUT2D eigenvalue weighted by atomic mass is 9.92. The molecule has 0 spiro atoms. The van der Waals surface area contributed by atoms with Gasteiger partial charge in [0.15, 0.2) is 0 Å². The second kappa shape index (κ2) is 4.54. The zero-order valence-electron chi connectivity index (χ0n) is 11.1. The lowest BCUT2D eigenvalue weighted by molar-refractivity contribution is 0.00344. The predicted molar refractivity (Wildman–Crippen MR) is 67.6 cm³/mol. The molecule has 0 aliphatic carbocycles. The summed E-state index contributed by atoms with van der Waals surface area (Å²) in [7, 11) is 0. The van der Waals surface area contributed by atoms with Crippen LogP contribution in [-0.2, 0) is 4.74 Å². The molecule has 0 unspecified atom stereocenters. The SMILES string of the molecule is C=C1CN2C/C(=C(\C)F)C[C@@]2(COC(C)C)C1. The van der Waals surface area contributed by atoms with Crippen LogP contribution in [0.4, 0.5) is 4.39 Å². The van der Waals surface area contributed by atoms with Gasteiger partial charge in [-0.3, -0.25) is 4.90 Å². The Balaban J connectivity index is 2.16. The molecular weight excluding hydrogens is 217 g/mol. The minimum absolute atomic E-state index is 0.0195. The van der Waals surface area contributed by atoms with Gasteiger partial charge in [0.25, 0.3) is 0 Å². The van der Waals surface area contributed by atoms with Gasteiger partial charge in [0.1, 0.15) is 0 Å². The average molecular weight is 239 g/mol. The summed E-state index contributed by atoms with van der Waals surface area (Å²) in [6.07, 6.45) is 1.96. The van der Waals surface area contributed by atoms with Crippen LogP contribution < -0.4 is 0 Å². The molecule has 0 aromatic heterocycles. The van der Waals surface area contributed by atoms with E-state index in [1.807, 2.05) is 13.8 Å². The van der Waals surface area contributed by atoms with Crippen LogP contribution in [-0.4, -0.2) is 36.2 Å². The number of ether oxygens (including phenoxy) is 1. The normalized spacial score (nSPS) is 32.4. The second-order valence-corrected chi connectivity index (χ2v) is 5.68. The molecule has 2 fully saturated rings. The smallest absolute Gasteiger partial charge is 0.0974 e. The van der Waals surface area contributed by atoms with E-state index in [2.05, 4.69) is 11.5 Å². The van der Waals surface area contributed by atoms with Crippen molar-refractivity contribution in [3.05, 3.63) is 23.6 Å². The molecule has 2 nitrogen and oxygen atoms in total. The van der Waals surface area contributed by atoms with E-state index < -0.39 is 0 Å². The largest absolute Gasteiger partial charge is 0.377 e. The maximum Gasteiger partial charge on any atom is 0.0974 e. The first-order valence-electron chi connectivity index (χ1n) is 6.30. The fraction of sp³-hybridized carbons (Fsp3) is 0.714. The van der Waals surface area contributed by atoms with Gasteiger partial charge in [0.05, 0.1) is 24.1 Å². The molecule has 0 aromatic rings. The molecule has 0 saturated carbocycles. The summed E-state index contributed by atoms with van der Waals surface area (Å²) in [5.41, 5.74) is 2.15. The Morgan fingerprint density at radius 1 is 1.47 bits per heavy atom. The number of hydrogen-bond acceptors (Lipinski definition) is 2. The molecule has 96 valence electrons. The second-order valence-electron chi connectivity index (χ2n) is 5.68. The quantitative estimate of drug-likeness (QED) is 0.702. The zero-order valence-corrected chi connectivity index (χ0v) is 11.1. The number of hydrogen-bond donors (Lipinski definition) is 0. The van der Waals surface area contributed by atoms with E-state index in [1.54, 1.807) is 6.92 Å². The Morgan fingerprint density at radius 2 is 2.18 bits per heavy atom. The summed E-state index contributed by atoms with van der Waals surface area (Å²) >= 11 is 0. The first-order valence-corrected chi connectivity index (χ1v) is 6.30. The van der Waals surface area contributed by atoms with Crippen LogP contribution >= 0.6 is 0 Å². The molecule has 0 aromatic carbocycles. The van der Waals surface area contributed by atoms with Crippen molar-refractivity contribution in [2.24, 2.45) is 0 Å². The molecule has 2 rings (SSSR count). The van der Waals surface area contributed by atoms with Gasteiger partial charge < -0.3 is 4.74 Å². The van der Waals surface area contributed by atoms with E-state index in [1.165, 1.54) is 5.57 Å². The van der Waals surface area contributed by atoms with Crippen molar-refractivity contribution in [1.82, 2.24) is 4.90 Å². The van der Waals surface area contributed by atoms with Gasteiger partial charge in [-0.15, -0.1) is 0 Å². The fourth-order valence-electron chi connectivity index (χ4n) is 2.90. The molecule has 2 heterocycles. The molecule has 0 amide bonds. The van der Waals surface area contributed by atoms with Gasteiger partial charge in [-0.1, -0.05) is 12.2 Å². The summed E-state index contributed by atoms with van der Waals surface area (Å²) in [4.78, 5) is 2.33. The molecule has 3 heteroatoms. The lowest BCUT2D eigenvalue weighted by Crippen LogP contribution is -2.43. The molecule has 1 atom stereocenters. The third-order valence-electron chi connectivity index (χ3n) is 3.76. The molecule has 0 N–H and O–H groups in total. The third kappa shape index (κ3) is 2.45. The molecule has 17 heavy (non-hydrogen) atoms. The van der Waals surface area contributed by atoms with Crippen molar-refractivity contribution in [3.8, 4) is 0 Å². The van der Waals surface area contributed by atoms with Gasteiger partial charge in [-0.25, -0.2) is 4.39 Å². The van der Waals surface area contributed by atoms with Gasteiger partial charge in [-0.05, 0) is 39.2 Å². The topological polar surface area (TPSA) is 12.5 Å². The monoisotopic (exact) mass is 239 g/mol. The van der Waals surface area contributed by atoms with Crippen LogP contribution in [0.25, 0.3) is 0 Å². The van der Waals surface area contributed by atoms with Crippen LogP contribution in [0.1, 0.15) is 33.6 Å².